The largest absolute Gasteiger partial charge is 0.497 e. The van der Waals surface area contributed by atoms with Crippen LogP contribution >= 0.6 is 12.2 Å². The lowest BCUT2D eigenvalue weighted by Crippen LogP contribution is -2.14. The number of halogens is 3. The zero-order valence-electron chi connectivity index (χ0n) is 17.1. The summed E-state index contributed by atoms with van der Waals surface area (Å²) in [4.78, 5) is 20.1. The van der Waals surface area contributed by atoms with E-state index >= 15 is 0 Å². The van der Waals surface area contributed by atoms with Gasteiger partial charge >= 0.3 is 6.18 Å². The lowest BCUT2D eigenvalue weighted by molar-refractivity contribution is -0.145. The number of fused-ring (bicyclic) bond motifs is 1. The molecule has 0 saturated carbocycles. The van der Waals surface area contributed by atoms with Crippen LogP contribution < -0.4 is 10.1 Å². The highest BCUT2D eigenvalue weighted by molar-refractivity contribution is 7.78. The maximum Gasteiger partial charge on any atom is 0.450 e. The molecular weight excluding hydrogens is 453 g/mol. The van der Waals surface area contributed by atoms with Crippen molar-refractivity contribution in [2.24, 2.45) is 4.99 Å². The number of amides is 1. The number of isothiocyanates is 1. The predicted molar refractivity (Wildman–Crippen MR) is 122 cm³/mol. The fraction of sp³-hybridized carbons (Fsp3) is 0.0870. The Hall–Kier alpha value is -4.01. The number of anilines is 1. The van der Waals surface area contributed by atoms with Crippen LogP contribution in [-0.2, 0) is 6.18 Å². The Labute approximate surface area is 191 Å². The molecule has 0 unspecified atom stereocenters. The van der Waals surface area contributed by atoms with E-state index in [1.54, 1.807) is 30.3 Å². The maximum atomic E-state index is 13.7. The van der Waals surface area contributed by atoms with Crippen molar-refractivity contribution in [2.75, 3.05) is 12.4 Å². The van der Waals surface area contributed by atoms with Gasteiger partial charge in [0.2, 0.25) is 5.82 Å². The Bertz CT molecular complexity index is 1370. The molecule has 33 heavy (non-hydrogen) atoms. The molecule has 0 fully saturated rings. The highest BCUT2D eigenvalue weighted by Gasteiger charge is 2.38. The van der Waals surface area contributed by atoms with Crippen molar-refractivity contribution in [3.8, 4) is 11.4 Å². The summed E-state index contributed by atoms with van der Waals surface area (Å²) in [6, 6.07) is 16.9. The summed E-state index contributed by atoms with van der Waals surface area (Å²) < 4.78 is 47.2. The number of methoxy groups -OCH3 is 1. The van der Waals surface area contributed by atoms with Gasteiger partial charge in [-0.05, 0) is 72.9 Å². The van der Waals surface area contributed by atoms with Crippen molar-refractivity contribution in [3.63, 3.8) is 0 Å². The SMILES string of the molecule is COc1ccc2c(c1)nc(C(F)(F)F)n2-c1ccc(NC(=O)c2ccc(N=C=S)cc2)cc1. The summed E-state index contributed by atoms with van der Waals surface area (Å²) >= 11 is 4.54. The lowest BCUT2D eigenvalue weighted by atomic mass is 10.2. The molecule has 0 aliphatic rings. The number of carbonyl (C=O) groups excluding carboxylic acids is 1. The van der Waals surface area contributed by atoms with Gasteiger partial charge in [-0.25, -0.2) is 4.98 Å². The minimum absolute atomic E-state index is 0.153. The van der Waals surface area contributed by atoms with Crippen LogP contribution in [0.2, 0.25) is 0 Å². The Morgan fingerprint density at radius 3 is 2.39 bits per heavy atom. The molecule has 1 N–H and O–H groups in total. The normalized spacial score (nSPS) is 11.2. The number of thiocarbonyl (C=S) groups is 1. The molecule has 0 aliphatic heterocycles. The lowest BCUT2D eigenvalue weighted by Gasteiger charge is -2.12. The molecule has 0 spiro atoms. The number of nitrogens with zero attached hydrogens (tertiary/aromatic N) is 3. The Morgan fingerprint density at radius 1 is 1.09 bits per heavy atom. The standard InChI is InChI=1S/C23H15F3N4O2S/c1-32-18-10-11-20-19(12-18)29-22(23(24,25)26)30(20)17-8-6-16(7-9-17)28-21(31)14-2-4-15(5-3-14)27-13-33/h2-12H,1H3,(H,28,31). The molecule has 4 aromatic rings. The molecule has 1 heterocycles. The van der Waals surface area contributed by atoms with E-state index in [1.165, 1.54) is 43.5 Å². The number of aliphatic imine (C=N–C) groups is 1. The number of aromatic nitrogens is 2. The number of hydrogen-bond acceptors (Lipinski definition) is 5. The fourth-order valence-corrected chi connectivity index (χ4v) is 3.38. The van der Waals surface area contributed by atoms with Gasteiger partial charge in [-0.15, -0.1) is 0 Å². The van der Waals surface area contributed by atoms with Gasteiger partial charge in [0, 0.05) is 23.0 Å². The number of rotatable bonds is 5. The second kappa shape index (κ2) is 8.85. The summed E-state index contributed by atoms with van der Waals surface area (Å²) in [6.45, 7) is 0. The van der Waals surface area contributed by atoms with Gasteiger partial charge in [0.05, 0.1) is 29.0 Å². The molecular formula is C23H15F3N4O2S. The zero-order chi connectivity index (χ0) is 23.6. The molecule has 0 aliphatic carbocycles. The topological polar surface area (TPSA) is 68.5 Å². The summed E-state index contributed by atoms with van der Waals surface area (Å²) in [5, 5.41) is 4.95. The molecule has 166 valence electrons. The first-order chi connectivity index (χ1) is 15.8. The monoisotopic (exact) mass is 468 g/mol. The number of carbonyl (C=O) groups is 1. The average molecular weight is 468 g/mol. The third-order valence-electron chi connectivity index (χ3n) is 4.80. The predicted octanol–water partition coefficient (Wildman–Crippen LogP) is 6.04. The van der Waals surface area contributed by atoms with Gasteiger partial charge in [-0.1, -0.05) is 0 Å². The Morgan fingerprint density at radius 2 is 1.79 bits per heavy atom. The second-order valence-corrected chi connectivity index (χ2v) is 7.06. The van der Waals surface area contributed by atoms with Crippen molar-refractivity contribution in [1.82, 2.24) is 9.55 Å². The van der Waals surface area contributed by atoms with E-state index in [9.17, 15) is 18.0 Å². The maximum absolute atomic E-state index is 13.7. The number of imidazole rings is 1. The molecule has 0 radical (unpaired) electrons. The second-order valence-electron chi connectivity index (χ2n) is 6.87. The first kappa shape index (κ1) is 22.2. The van der Waals surface area contributed by atoms with Crippen LogP contribution in [0.4, 0.5) is 24.5 Å². The summed E-state index contributed by atoms with van der Waals surface area (Å²) in [5.41, 5.74) is 2.05. The van der Waals surface area contributed by atoms with Crippen molar-refractivity contribution < 1.29 is 22.7 Å². The average Bonchev–Trinajstić information content (AvgIpc) is 3.19. The van der Waals surface area contributed by atoms with Crippen molar-refractivity contribution in [2.45, 2.75) is 6.18 Å². The number of benzene rings is 3. The Kier molecular flexibility index (Phi) is 5.95. The van der Waals surface area contributed by atoms with Crippen LogP contribution in [0.3, 0.4) is 0 Å². The van der Waals surface area contributed by atoms with E-state index in [-0.39, 0.29) is 22.6 Å². The van der Waals surface area contributed by atoms with E-state index in [2.05, 4.69) is 32.7 Å². The molecule has 0 bridgehead atoms. The molecule has 4 rings (SSSR count). The van der Waals surface area contributed by atoms with Gasteiger partial charge in [-0.2, -0.15) is 18.2 Å². The number of alkyl halides is 3. The van der Waals surface area contributed by atoms with Crippen LogP contribution in [0, 0.1) is 0 Å². The van der Waals surface area contributed by atoms with Gasteiger partial charge in [0.25, 0.3) is 5.91 Å². The van der Waals surface area contributed by atoms with Crippen LogP contribution in [0.1, 0.15) is 16.2 Å². The van der Waals surface area contributed by atoms with Crippen LogP contribution in [-0.4, -0.2) is 27.7 Å². The molecule has 3 aromatic carbocycles. The van der Waals surface area contributed by atoms with Crippen LogP contribution in [0.25, 0.3) is 16.7 Å². The van der Waals surface area contributed by atoms with E-state index < -0.39 is 12.0 Å². The first-order valence-electron chi connectivity index (χ1n) is 9.53. The summed E-state index contributed by atoms with van der Waals surface area (Å²) in [5.74, 6) is -1.03. The first-order valence-corrected chi connectivity index (χ1v) is 9.94. The van der Waals surface area contributed by atoms with Crippen LogP contribution in [0.15, 0.2) is 71.7 Å². The quantitative estimate of drug-likeness (QED) is 0.286. The molecule has 1 amide bonds. The minimum atomic E-state index is -4.67. The van der Waals surface area contributed by atoms with Crippen molar-refractivity contribution in [3.05, 3.63) is 78.1 Å². The van der Waals surface area contributed by atoms with E-state index in [1.807, 2.05) is 0 Å². The van der Waals surface area contributed by atoms with E-state index in [0.29, 0.717) is 22.7 Å². The van der Waals surface area contributed by atoms with Crippen LogP contribution in [0.5, 0.6) is 5.75 Å². The smallest absolute Gasteiger partial charge is 0.450 e. The Balaban J connectivity index is 1.64. The molecule has 1 aromatic heterocycles. The van der Waals surface area contributed by atoms with E-state index in [0.717, 1.165) is 4.57 Å². The third-order valence-corrected chi connectivity index (χ3v) is 4.89. The van der Waals surface area contributed by atoms with Gasteiger partial charge in [-0.3, -0.25) is 9.36 Å². The van der Waals surface area contributed by atoms with Crippen molar-refractivity contribution >= 4 is 45.7 Å². The number of ether oxygens (including phenoxy) is 1. The third kappa shape index (κ3) is 4.62. The van der Waals surface area contributed by atoms with Gasteiger partial charge in [0.15, 0.2) is 0 Å². The molecule has 0 atom stereocenters. The zero-order valence-corrected chi connectivity index (χ0v) is 17.9. The molecule has 10 heteroatoms. The number of hydrogen-bond donors (Lipinski definition) is 1. The van der Waals surface area contributed by atoms with Gasteiger partial charge < -0.3 is 10.1 Å². The van der Waals surface area contributed by atoms with Gasteiger partial charge in [0.1, 0.15) is 5.75 Å². The summed E-state index contributed by atoms with van der Waals surface area (Å²) in [7, 11) is 1.43. The number of nitrogens with one attached hydrogen (secondary N) is 1. The summed E-state index contributed by atoms with van der Waals surface area (Å²) in [6.07, 6.45) is -4.67. The highest BCUT2D eigenvalue weighted by Crippen LogP contribution is 2.35. The van der Waals surface area contributed by atoms with Crippen molar-refractivity contribution in [1.29, 1.82) is 0 Å². The minimum Gasteiger partial charge on any atom is -0.497 e. The highest BCUT2D eigenvalue weighted by atomic mass is 32.1. The molecule has 6 nitrogen and oxygen atoms in total. The fourth-order valence-electron chi connectivity index (χ4n) is 3.28. The molecule has 0 saturated heterocycles. The van der Waals surface area contributed by atoms with E-state index in [4.69, 9.17) is 4.74 Å².